The predicted molar refractivity (Wildman–Crippen MR) is 108 cm³/mol. The first-order valence-corrected chi connectivity index (χ1v) is 11.4. The zero-order valence-corrected chi connectivity index (χ0v) is 17.3. The highest BCUT2D eigenvalue weighted by Crippen LogP contribution is 2.33. The largest absolute Gasteiger partial charge is 0.416 e. The molecule has 2 heterocycles. The molecular formula is C21H21F3N4O2S. The van der Waals surface area contributed by atoms with Crippen LogP contribution in [0.25, 0.3) is 11.4 Å². The number of rotatable bonds is 6. The van der Waals surface area contributed by atoms with E-state index in [1.165, 1.54) is 0 Å². The lowest BCUT2D eigenvalue weighted by Crippen LogP contribution is -2.24. The Morgan fingerprint density at radius 2 is 1.84 bits per heavy atom. The fourth-order valence-electron chi connectivity index (χ4n) is 3.76. The molecule has 0 bridgehead atoms. The Morgan fingerprint density at radius 1 is 1.06 bits per heavy atom. The minimum atomic E-state index is -4.62. The van der Waals surface area contributed by atoms with Crippen molar-refractivity contribution in [1.82, 2.24) is 19.5 Å². The first-order chi connectivity index (χ1) is 14.7. The van der Waals surface area contributed by atoms with Crippen molar-refractivity contribution in [2.75, 3.05) is 0 Å². The number of benzene rings is 1. The Kier molecular flexibility index (Phi) is 5.85. The van der Waals surface area contributed by atoms with Crippen molar-refractivity contribution in [3.05, 3.63) is 66.0 Å². The summed E-state index contributed by atoms with van der Waals surface area (Å²) in [6.45, 7) is -0.141. The summed E-state index contributed by atoms with van der Waals surface area (Å²) in [5, 5.41) is 4.59. The zero-order valence-electron chi connectivity index (χ0n) is 16.5. The summed E-state index contributed by atoms with van der Waals surface area (Å²) in [5.74, 6) is 0. The van der Waals surface area contributed by atoms with Gasteiger partial charge in [-0.2, -0.15) is 18.3 Å². The normalized spacial score (nSPS) is 15.5. The second-order valence-corrected chi connectivity index (χ2v) is 9.24. The molecule has 0 atom stereocenters. The predicted octanol–water partition coefficient (Wildman–Crippen LogP) is 4.56. The number of halogens is 3. The maximum absolute atomic E-state index is 12.9. The molecule has 31 heavy (non-hydrogen) atoms. The molecule has 0 aliphatic heterocycles. The van der Waals surface area contributed by atoms with E-state index in [1.54, 1.807) is 12.3 Å². The highest BCUT2D eigenvalue weighted by molar-refractivity contribution is 7.89. The van der Waals surface area contributed by atoms with Gasteiger partial charge in [0.05, 0.1) is 40.1 Å². The maximum Gasteiger partial charge on any atom is 0.416 e. The van der Waals surface area contributed by atoms with E-state index in [0.29, 0.717) is 11.8 Å². The van der Waals surface area contributed by atoms with Crippen molar-refractivity contribution in [1.29, 1.82) is 0 Å². The summed E-state index contributed by atoms with van der Waals surface area (Å²) in [7, 11) is -4.14. The molecule has 1 aromatic carbocycles. The van der Waals surface area contributed by atoms with E-state index < -0.39 is 26.7 Å². The van der Waals surface area contributed by atoms with Gasteiger partial charge in [-0.25, -0.2) is 13.1 Å². The minimum Gasteiger partial charge on any atom is -0.260 e. The van der Waals surface area contributed by atoms with Crippen LogP contribution in [0.1, 0.15) is 43.0 Å². The van der Waals surface area contributed by atoms with Crippen molar-refractivity contribution in [3.8, 4) is 11.4 Å². The van der Waals surface area contributed by atoms with Gasteiger partial charge in [-0.15, -0.1) is 0 Å². The van der Waals surface area contributed by atoms with Crippen LogP contribution in [0.3, 0.4) is 0 Å². The molecule has 1 fully saturated rings. The van der Waals surface area contributed by atoms with Crippen LogP contribution in [-0.4, -0.2) is 23.2 Å². The summed E-state index contributed by atoms with van der Waals surface area (Å²) < 4.78 is 68.2. The second-order valence-electron chi connectivity index (χ2n) is 7.47. The summed E-state index contributed by atoms with van der Waals surface area (Å²) in [6, 6.07) is 11.2. The van der Waals surface area contributed by atoms with Crippen LogP contribution in [0, 0.1) is 0 Å². The van der Waals surface area contributed by atoms with E-state index in [2.05, 4.69) is 14.8 Å². The average molecular weight is 450 g/mol. The van der Waals surface area contributed by atoms with Crippen molar-refractivity contribution in [2.45, 2.75) is 49.3 Å². The van der Waals surface area contributed by atoms with Crippen LogP contribution in [-0.2, 0) is 22.7 Å². The lowest BCUT2D eigenvalue weighted by Gasteiger charge is -2.13. The number of alkyl halides is 3. The Bertz CT molecular complexity index is 1150. The summed E-state index contributed by atoms with van der Waals surface area (Å²) >= 11 is 0. The molecule has 1 saturated carbocycles. The third-order valence-corrected chi connectivity index (χ3v) is 6.70. The summed E-state index contributed by atoms with van der Waals surface area (Å²) in [4.78, 5) is 3.94. The van der Waals surface area contributed by atoms with Gasteiger partial charge in [0.25, 0.3) is 0 Å². The number of hydrogen-bond donors (Lipinski definition) is 1. The van der Waals surface area contributed by atoms with E-state index in [9.17, 15) is 21.6 Å². The van der Waals surface area contributed by atoms with Crippen molar-refractivity contribution < 1.29 is 21.6 Å². The van der Waals surface area contributed by atoms with Gasteiger partial charge < -0.3 is 0 Å². The standard InChI is InChI=1S/C21H21F3N4O2S/c22-21(23,24)15-6-5-9-18(12-15)31(29,30)26-14-16-13-20(19-10-3-4-11-25-19)28(27-16)17-7-1-2-8-17/h3-6,9-13,17,26H,1-2,7-8,14H2. The Balaban J connectivity index is 1.58. The Morgan fingerprint density at radius 3 is 2.52 bits per heavy atom. The van der Waals surface area contributed by atoms with Gasteiger partial charge in [0.2, 0.25) is 10.0 Å². The molecule has 4 rings (SSSR count). The molecule has 0 spiro atoms. The van der Waals surface area contributed by atoms with Crippen molar-refractivity contribution in [2.24, 2.45) is 0 Å². The first-order valence-electron chi connectivity index (χ1n) is 9.91. The fourth-order valence-corrected chi connectivity index (χ4v) is 4.80. The summed E-state index contributed by atoms with van der Waals surface area (Å²) in [5.41, 5.74) is 0.982. The molecule has 1 N–H and O–H groups in total. The van der Waals surface area contributed by atoms with Crippen LogP contribution < -0.4 is 4.72 Å². The molecule has 0 amide bonds. The lowest BCUT2D eigenvalue weighted by atomic mass is 10.2. The first kappa shape index (κ1) is 21.5. The lowest BCUT2D eigenvalue weighted by molar-refractivity contribution is -0.137. The number of hydrogen-bond acceptors (Lipinski definition) is 4. The van der Waals surface area contributed by atoms with E-state index >= 15 is 0 Å². The van der Waals surface area contributed by atoms with Crippen LogP contribution in [0.4, 0.5) is 13.2 Å². The number of aromatic nitrogens is 3. The highest BCUT2D eigenvalue weighted by atomic mass is 32.2. The molecule has 6 nitrogen and oxygen atoms in total. The molecular weight excluding hydrogens is 429 g/mol. The molecule has 2 aromatic heterocycles. The third-order valence-electron chi connectivity index (χ3n) is 5.30. The van der Waals surface area contributed by atoms with Gasteiger partial charge in [0.15, 0.2) is 0 Å². The van der Waals surface area contributed by atoms with Crippen LogP contribution in [0.15, 0.2) is 59.6 Å². The minimum absolute atomic E-state index is 0.141. The van der Waals surface area contributed by atoms with Crippen LogP contribution in [0.2, 0.25) is 0 Å². The summed E-state index contributed by atoms with van der Waals surface area (Å²) in [6.07, 6.45) is 1.22. The zero-order chi connectivity index (χ0) is 22.1. The number of nitrogens with zero attached hydrogens (tertiary/aromatic N) is 3. The third kappa shape index (κ3) is 4.80. The fraction of sp³-hybridized carbons (Fsp3) is 0.333. The Labute approximate surface area is 178 Å². The molecule has 164 valence electrons. The van der Waals surface area contributed by atoms with Gasteiger partial charge >= 0.3 is 6.18 Å². The second kappa shape index (κ2) is 8.43. The molecule has 10 heteroatoms. The van der Waals surface area contributed by atoms with E-state index in [4.69, 9.17) is 0 Å². The van der Waals surface area contributed by atoms with Gasteiger partial charge in [0, 0.05) is 6.20 Å². The van der Waals surface area contributed by atoms with E-state index in [1.807, 2.05) is 22.9 Å². The molecule has 0 radical (unpaired) electrons. The highest BCUT2D eigenvalue weighted by Gasteiger charge is 2.31. The SMILES string of the molecule is O=S(=O)(NCc1cc(-c2ccccn2)n(C2CCCC2)n1)c1cccc(C(F)(F)F)c1. The smallest absolute Gasteiger partial charge is 0.260 e. The molecule has 1 aliphatic rings. The molecule has 0 unspecified atom stereocenters. The van der Waals surface area contributed by atoms with Gasteiger partial charge in [-0.3, -0.25) is 9.67 Å². The molecule has 1 aliphatic carbocycles. The van der Waals surface area contributed by atoms with Crippen molar-refractivity contribution in [3.63, 3.8) is 0 Å². The maximum atomic E-state index is 12.9. The molecule has 3 aromatic rings. The van der Waals surface area contributed by atoms with Crippen LogP contribution in [0.5, 0.6) is 0 Å². The Hall–Kier alpha value is -2.72. The van der Waals surface area contributed by atoms with E-state index in [0.717, 1.165) is 55.3 Å². The average Bonchev–Trinajstić information content (AvgIpc) is 3.42. The van der Waals surface area contributed by atoms with Gasteiger partial charge in [-0.1, -0.05) is 25.0 Å². The van der Waals surface area contributed by atoms with Gasteiger partial charge in [0.1, 0.15) is 0 Å². The number of nitrogens with one attached hydrogen (secondary N) is 1. The van der Waals surface area contributed by atoms with E-state index in [-0.39, 0.29) is 12.6 Å². The quantitative estimate of drug-likeness (QED) is 0.598. The number of pyridine rings is 1. The monoisotopic (exact) mass is 450 g/mol. The topological polar surface area (TPSA) is 76.9 Å². The van der Waals surface area contributed by atoms with Gasteiger partial charge in [-0.05, 0) is 49.2 Å². The van der Waals surface area contributed by atoms with Crippen LogP contribution >= 0.6 is 0 Å². The molecule has 0 saturated heterocycles. The van der Waals surface area contributed by atoms with Crippen molar-refractivity contribution >= 4 is 10.0 Å². The number of sulfonamides is 1.